The van der Waals surface area contributed by atoms with Crippen molar-refractivity contribution in [3.63, 3.8) is 0 Å². The summed E-state index contributed by atoms with van der Waals surface area (Å²) in [6.07, 6.45) is 1.92. The maximum atomic E-state index is 6.53. The van der Waals surface area contributed by atoms with E-state index in [0.29, 0.717) is 0 Å². The Kier molecular flexibility index (Phi) is 4.32. The molecule has 2 unspecified atom stereocenters. The van der Waals surface area contributed by atoms with Crippen LogP contribution in [0.1, 0.15) is 42.4 Å². The average Bonchev–Trinajstić information content (AvgIpc) is 3.05. The van der Waals surface area contributed by atoms with Crippen molar-refractivity contribution < 1.29 is 0 Å². The number of hydrogen-bond donors (Lipinski definition) is 1. The molecule has 0 radical (unpaired) electrons. The molecular weight excluding hydrogens is 282 g/mol. The fraction of sp³-hybridized carbons (Fsp3) is 0.471. The van der Waals surface area contributed by atoms with E-state index in [9.17, 15) is 0 Å². The first-order valence-electron chi connectivity index (χ1n) is 7.73. The Hall–Kier alpha value is -1.32. The van der Waals surface area contributed by atoms with Crippen molar-refractivity contribution in [3.05, 3.63) is 52.8 Å². The quantitative estimate of drug-likeness (QED) is 0.857. The second-order valence-electron chi connectivity index (χ2n) is 5.57. The zero-order chi connectivity index (χ0) is 14.8. The van der Waals surface area contributed by atoms with Gasteiger partial charge >= 0.3 is 0 Å². The number of aryl methyl sites for hydroxylation is 2. The first-order chi connectivity index (χ1) is 10.2. The van der Waals surface area contributed by atoms with E-state index in [1.54, 1.807) is 0 Å². The monoisotopic (exact) mass is 303 g/mol. The van der Waals surface area contributed by atoms with E-state index in [1.807, 2.05) is 0 Å². The summed E-state index contributed by atoms with van der Waals surface area (Å²) in [5, 5.41) is 8.35. The van der Waals surface area contributed by atoms with Crippen LogP contribution >= 0.6 is 11.6 Å². The van der Waals surface area contributed by atoms with Crippen molar-refractivity contribution in [1.29, 1.82) is 0 Å². The van der Waals surface area contributed by atoms with Crippen LogP contribution in [0.15, 0.2) is 30.3 Å². The van der Waals surface area contributed by atoms with Crippen LogP contribution in [0.2, 0.25) is 0 Å². The SMILES string of the molecule is CCc1cc(CNC2c3ccccc3CC2Cl)n(CC)n1. The number of nitrogens with zero attached hydrogens (tertiary/aromatic N) is 2. The molecule has 0 bridgehead atoms. The van der Waals surface area contributed by atoms with Gasteiger partial charge in [0.15, 0.2) is 0 Å². The molecule has 1 N–H and O–H groups in total. The Labute approximate surface area is 131 Å². The Morgan fingerprint density at radius 3 is 2.90 bits per heavy atom. The first kappa shape index (κ1) is 14.6. The fourth-order valence-electron chi connectivity index (χ4n) is 3.10. The van der Waals surface area contributed by atoms with Gasteiger partial charge < -0.3 is 5.32 Å². The first-order valence-corrected chi connectivity index (χ1v) is 8.17. The van der Waals surface area contributed by atoms with Crippen molar-refractivity contribution in [2.24, 2.45) is 0 Å². The Bertz CT molecular complexity index is 620. The topological polar surface area (TPSA) is 29.9 Å². The van der Waals surface area contributed by atoms with Crippen molar-refractivity contribution in [2.75, 3.05) is 0 Å². The number of benzene rings is 1. The van der Waals surface area contributed by atoms with Crippen LogP contribution in [0.3, 0.4) is 0 Å². The zero-order valence-corrected chi connectivity index (χ0v) is 13.4. The van der Waals surface area contributed by atoms with Gasteiger partial charge in [-0.25, -0.2) is 0 Å². The summed E-state index contributed by atoms with van der Waals surface area (Å²) >= 11 is 6.53. The maximum absolute atomic E-state index is 6.53. The predicted molar refractivity (Wildman–Crippen MR) is 86.6 cm³/mol. The number of nitrogens with one attached hydrogen (secondary N) is 1. The van der Waals surface area contributed by atoms with E-state index in [2.05, 4.69) is 59.3 Å². The normalized spacial score (nSPS) is 20.7. The lowest BCUT2D eigenvalue weighted by Gasteiger charge is -2.17. The van der Waals surface area contributed by atoms with Crippen LogP contribution in [0, 0.1) is 0 Å². The molecule has 0 amide bonds. The van der Waals surface area contributed by atoms with Gasteiger partial charge in [-0.15, -0.1) is 11.6 Å². The molecule has 112 valence electrons. The van der Waals surface area contributed by atoms with Crippen molar-refractivity contribution in [3.8, 4) is 0 Å². The molecule has 3 nitrogen and oxygen atoms in total. The van der Waals surface area contributed by atoms with Crippen molar-refractivity contribution in [2.45, 2.75) is 51.2 Å². The molecule has 3 rings (SSSR count). The molecule has 1 aromatic carbocycles. The summed E-state index contributed by atoms with van der Waals surface area (Å²) in [6, 6.07) is 11.0. The van der Waals surface area contributed by atoms with Gasteiger partial charge in [-0.3, -0.25) is 4.68 Å². The predicted octanol–water partition coefficient (Wildman–Crippen LogP) is 3.46. The number of fused-ring (bicyclic) bond motifs is 1. The van der Waals surface area contributed by atoms with Gasteiger partial charge in [-0.05, 0) is 37.0 Å². The highest BCUT2D eigenvalue weighted by molar-refractivity contribution is 6.21. The Morgan fingerprint density at radius 2 is 2.14 bits per heavy atom. The van der Waals surface area contributed by atoms with Crippen LogP contribution in [0.25, 0.3) is 0 Å². The highest BCUT2D eigenvalue weighted by atomic mass is 35.5. The molecule has 2 aromatic rings. The molecule has 0 spiro atoms. The molecule has 1 heterocycles. The van der Waals surface area contributed by atoms with E-state index in [-0.39, 0.29) is 11.4 Å². The number of hydrogen-bond acceptors (Lipinski definition) is 2. The summed E-state index contributed by atoms with van der Waals surface area (Å²) in [7, 11) is 0. The van der Waals surface area contributed by atoms with Crippen LogP contribution in [0.5, 0.6) is 0 Å². The van der Waals surface area contributed by atoms with E-state index in [1.165, 1.54) is 16.8 Å². The number of aromatic nitrogens is 2. The summed E-state index contributed by atoms with van der Waals surface area (Å²) in [5.74, 6) is 0. The second-order valence-corrected chi connectivity index (χ2v) is 6.13. The van der Waals surface area contributed by atoms with E-state index in [0.717, 1.165) is 31.6 Å². The minimum absolute atomic E-state index is 0.131. The molecule has 21 heavy (non-hydrogen) atoms. The van der Waals surface area contributed by atoms with Crippen LogP contribution < -0.4 is 5.32 Å². The van der Waals surface area contributed by atoms with Gasteiger partial charge in [-0.1, -0.05) is 31.2 Å². The van der Waals surface area contributed by atoms with Crippen molar-refractivity contribution in [1.82, 2.24) is 15.1 Å². The second kappa shape index (κ2) is 6.20. The third-order valence-electron chi connectivity index (χ3n) is 4.25. The lowest BCUT2D eigenvalue weighted by Crippen LogP contribution is -2.26. The molecule has 1 aliphatic carbocycles. The molecule has 4 heteroatoms. The van der Waals surface area contributed by atoms with Gasteiger partial charge in [0.2, 0.25) is 0 Å². The third kappa shape index (κ3) is 2.85. The summed E-state index contributed by atoms with van der Waals surface area (Å²) in [6.45, 7) is 5.98. The van der Waals surface area contributed by atoms with Gasteiger partial charge in [0.05, 0.1) is 16.8 Å². The minimum Gasteiger partial charge on any atom is -0.303 e. The fourth-order valence-corrected chi connectivity index (χ4v) is 3.49. The number of halogens is 1. The average molecular weight is 304 g/mol. The smallest absolute Gasteiger partial charge is 0.0625 e. The molecule has 0 saturated heterocycles. The number of rotatable bonds is 5. The van der Waals surface area contributed by atoms with Crippen LogP contribution in [-0.4, -0.2) is 15.2 Å². The van der Waals surface area contributed by atoms with Crippen LogP contribution in [-0.2, 0) is 25.9 Å². The molecule has 1 aliphatic rings. The highest BCUT2D eigenvalue weighted by Gasteiger charge is 2.30. The van der Waals surface area contributed by atoms with E-state index >= 15 is 0 Å². The molecule has 2 atom stereocenters. The Morgan fingerprint density at radius 1 is 1.33 bits per heavy atom. The Balaban J connectivity index is 1.75. The standard InChI is InChI=1S/C17H22ClN3/c1-3-13-10-14(21(4-2)20-13)11-19-17-15-8-6-5-7-12(15)9-16(17)18/h5-8,10,16-17,19H,3-4,9,11H2,1-2H3. The largest absolute Gasteiger partial charge is 0.303 e. The molecule has 0 saturated carbocycles. The molecule has 0 fully saturated rings. The van der Waals surface area contributed by atoms with Gasteiger partial charge in [0.25, 0.3) is 0 Å². The summed E-state index contributed by atoms with van der Waals surface area (Å²) in [5.41, 5.74) is 5.11. The third-order valence-corrected chi connectivity index (χ3v) is 4.65. The lowest BCUT2D eigenvalue weighted by atomic mass is 10.1. The lowest BCUT2D eigenvalue weighted by molar-refractivity contribution is 0.506. The van der Waals surface area contributed by atoms with Crippen molar-refractivity contribution >= 4 is 11.6 Å². The summed E-state index contributed by atoms with van der Waals surface area (Å²) < 4.78 is 2.08. The molecule has 1 aromatic heterocycles. The number of alkyl halides is 1. The highest BCUT2D eigenvalue weighted by Crippen LogP contribution is 2.34. The maximum Gasteiger partial charge on any atom is 0.0625 e. The van der Waals surface area contributed by atoms with Crippen LogP contribution in [0.4, 0.5) is 0 Å². The zero-order valence-electron chi connectivity index (χ0n) is 12.6. The molecular formula is C17H22ClN3. The van der Waals surface area contributed by atoms with E-state index < -0.39 is 0 Å². The minimum atomic E-state index is 0.131. The summed E-state index contributed by atoms with van der Waals surface area (Å²) in [4.78, 5) is 0. The van der Waals surface area contributed by atoms with Gasteiger partial charge in [-0.2, -0.15) is 5.10 Å². The van der Waals surface area contributed by atoms with Gasteiger partial charge in [0.1, 0.15) is 0 Å². The molecule has 0 aliphatic heterocycles. The van der Waals surface area contributed by atoms with Gasteiger partial charge in [0, 0.05) is 19.1 Å². The van der Waals surface area contributed by atoms with E-state index in [4.69, 9.17) is 11.6 Å².